The molecule has 0 aromatic rings. The van der Waals surface area contributed by atoms with Gasteiger partial charge in [-0.25, -0.2) is 13.1 Å². The third-order valence-electron chi connectivity index (χ3n) is 2.25. The number of sulfonamides is 1. The van der Waals surface area contributed by atoms with Crippen molar-refractivity contribution < 1.29 is 18.3 Å². The molecule has 0 aromatic heterocycles. The van der Waals surface area contributed by atoms with Gasteiger partial charge in [-0.2, -0.15) is 0 Å². The summed E-state index contributed by atoms with van der Waals surface area (Å²) in [6.45, 7) is 5.24. The maximum Gasteiger partial charge on any atom is 0.216 e. The van der Waals surface area contributed by atoms with Gasteiger partial charge in [0.2, 0.25) is 10.0 Å². The number of ether oxygens (including phenoxy) is 1. The van der Waals surface area contributed by atoms with E-state index < -0.39 is 15.3 Å². The number of aliphatic hydroxyl groups excluding tert-OH is 1. The predicted octanol–water partition coefficient (Wildman–Crippen LogP) is -0.0424. The molecule has 0 radical (unpaired) electrons. The van der Waals surface area contributed by atoms with E-state index in [2.05, 4.69) is 4.72 Å². The number of aliphatic hydroxyl groups is 1. The fourth-order valence-electron chi connectivity index (χ4n) is 0.967. The minimum atomic E-state index is -3.46. The zero-order chi connectivity index (χ0) is 12.1. The lowest BCUT2D eigenvalue weighted by Gasteiger charge is -2.23. The van der Waals surface area contributed by atoms with Crippen LogP contribution < -0.4 is 4.72 Å². The van der Waals surface area contributed by atoms with Gasteiger partial charge in [0.15, 0.2) is 0 Å². The van der Waals surface area contributed by atoms with Crippen molar-refractivity contribution in [1.82, 2.24) is 4.72 Å². The zero-order valence-electron chi connectivity index (χ0n) is 9.73. The van der Waals surface area contributed by atoms with Crippen LogP contribution in [0.15, 0.2) is 0 Å². The molecule has 0 bridgehead atoms. The zero-order valence-corrected chi connectivity index (χ0v) is 10.5. The molecule has 2 atom stereocenters. The van der Waals surface area contributed by atoms with Crippen LogP contribution in [0.25, 0.3) is 0 Å². The van der Waals surface area contributed by atoms with Crippen LogP contribution in [0.4, 0.5) is 0 Å². The molecule has 0 saturated heterocycles. The van der Waals surface area contributed by atoms with Gasteiger partial charge in [0.1, 0.15) is 0 Å². The van der Waals surface area contributed by atoms with Gasteiger partial charge in [0, 0.05) is 13.2 Å². The average Bonchev–Trinajstić information content (AvgIpc) is 2.15. The number of methoxy groups -OCH3 is 1. The Morgan fingerprint density at radius 1 is 1.33 bits per heavy atom. The summed E-state index contributed by atoms with van der Waals surface area (Å²) in [5.41, 5.74) is 0. The number of nitrogens with one attached hydrogen (secondary N) is 1. The predicted molar refractivity (Wildman–Crippen MR) is 59.1 cm³/mol. The minimum absolute atomic E-state index is 0.144. The van der Waals surface area contributed by atoms with Crippen molar-refractivity contribution in [2.75, 3.05) is 20.3 Å². The van der Waals surface area contributed by atoms with Crippen molar-refractivity contribution in [2.45, 2.75) is 32.1 Å². The molecule has 15 heavy (non-hydrogen) atoms. The highest BCUT2D eigenvalue weighted by atomic mass is 32.2. The Morgan fingerprint density at radius 2 is 1.87 bits per heavy atom. The molecule has 92 valence electrons. The fraction of sp³-hybridized carbons (Fsp3) is 1.00. The number of hydrogen-bond donors (Lipinski definition) is 2. The average molecular weight is 239 g/mol. The monoisotopic (exact) mass is 239 g/mol. The second kappa shape index (κ2) is 6.42. The number of rotatable bonds is 7. The van der Waals surface area contributed by atoms with Crippen LogP contribution in [-0.2, 0) is 14.8 Å². The highest BCUT2D eigenvalue weighted by molar-refractivity contribution is 7.90. The molecule has 0 saturated carbocycles. The Morgan fingerprint density at radius 3 is 2.20 bits per heavy atom. The summed E-state index contributed by atoms with van der Waals surface area (Å²) < 4.78 is 30.7. The van der Waals surface area contributed by atoms with Crippen LogP contribution in [0.1, 0.15) is 20.8 Å². The summed E-state index contributed by atoms with van der Waals surface area (Å²) in [6.07, 6.45) is 0. The van der Waals surface area contributed by atoms with E-state index in [1.54, 1.807) is 0 Å². The van der Waals surface area contributed by atoms with Gasteiger partial charge in [-0.1, -0.05) is 13.8 Å². The molecule has 6 heteroatoms. The third-order valence-corrected chi connectivity index (χ3v) is 4.09. The van der Waals surface area contributed by atoms with Crippen molar-refractivity contribution in [1.29, 1.82) is 0 Å². The van der Waals surface area contributed by atoms with Gasteiger partial charge in [0.05, 0.1) is 18.5 Å². The van der Waals surface area contributed by atoms with Gasteiger partial charge in [0.25, 0.3) is 0 Å². The molecule has 0 aromatic carbocycles. The summed E-state index contributed by atoms with van der Waals surface area (Å²) in [5.74, 6) is 0.144. The molecule has 0 spiro atoms. The normalized spacial score (nSPS) is 16.7. The summed E-state index contributed by atoms with van der Waals surface area (Å²) in [7, 11) is -1.93. The standard InChI is InChI=1S/C9H21NO4S/c1-7(2)9(6-14-4)10-15(12,13)8(3)5-11/h7-11H,5-6H2,1-4H3. The van der Waals surface area contributed by atoms with Crippen molar-refractivity contribution in [3.05, 3.63) is 0 Å². The lowest BCUT2D eigenvalue weighted by molar-refractivity contribution is 0.157. The second-order valence-electron chi connectivity index (χ2n) is 3.96. The first kappa shape index (κ1) is 14.8. The smallest absolute Gasteiger partial charge is 0.216 e. The van der Waals surface area contributed by atoms with Crippen LogP contribution >= 0.6 is 0 Å². The largest absolute Gasteiger partial charge is 0.395 e. The van der Waals surface area contributed by atoms with Gasteiger partial charge in [-0.15, -0.1) is 0 Å². The molecule has 0 amide bonds. The lowest BCUT2D eigenvalue weighted by Crippen LogP contribution is -2.45. The van der Waals surface area contributed by atoms with E-state index in [-0.39, 0.29) is 18.6 Å². The molecular weight excluding hydrogens is 218 g/mol. The van der Waals surface area contributed by atoms with E-state index in [0.29, 0.717) is 6.61 Å². The Labute approximate surface area is 91.9 Å². The third kappa shape index (κ3) is 4.92. The lowest BCUT2D eigenvalue weighted by atomic mass is 10.1. The van der Waals surface area contributed by atoms with Gasteiger partial charge in [-0.3, -0.25) is 0 Å². The Balaban J connectivity index is 4.52. The SMILES string of the molecule is COCC(NS(=O)(=O)C(C)CO)C(C)C. The van der Waals surface area contributed by atoms with Crippen molar-refractivity contribution in [3.63, 3.8) is 0 Å². The minimum Gasteiger partial charge on any atom is -0.395 e. The maximum absolute atomic E-state index is 11.6. The van der Waals surface area contributed by atoms with E-state index >= 15 is 0 Å². The molecule has 2 unspecified atom stereocenters. The van der Waals surface area contributed by atoms with Crippen molar-refractivity contribution in [2.24, 2.45) is 5.92 Å². The van der Waals surface area contributed by atoms with Crippen LogP contribution in [0.3, 0.4) is 0 Å². The molecule has 0 aliphatic heterocycles. The summed E-state index contributed by atoms with van der Waals surface area (Å²) in [5, 5.41) is 8.01. The van der Waals surface area contributed by atoms with E-state index in [1.807, 2.05) is 13.8 Å². The molecule has 0 fully saturated rings. The summed E-state index contributed by atoms with van der Waals surface area (Å²) in [6, 6.07) is -0.256. The Bertz CT molecular complexity index is 263. The topological polar surface area (TPSA) is 75.6 Å². The van der Waals surface area contributed by atoms with E-state index in [0.717, 1.165) is 0 Å². The molecule has 2 N–H and O–H groups in total. The first-order valence-electron chi connectivity index (χ1n) is 4.96. The number of hydrogen-bond acceptors (Lipinski definition) is 4. The van der Waals surface area contributed by atoms with Gasteiger partial charge >= 0.3 is 0 Å². The Hall–Kier alpha value is -0.170. The van der Waals surface area contributed by atoms with E-state index in [4.69, 9.17) is 9.84 Å². The molecule has 0 heterocycles. The van der Waals surface area contributed by atoms with Crippen molar-refractivity contribution >= 4 is 10.0 Å². The molecule has 0 aliphatic rings. The van der Waals surface area contributed by atoms with Gasteiger partial charge in [-0.05, 0) is 12.8 Å². The van der Waals surface area contributed by atoms with Crippen molar-refractivity contribution in [3.8, 4) is 0 Å². The first-order valence-corrected chi connectivity index (χ1v) is 6.50. The molecule has 5 nitrogen and oxygen atoms in total. The van der Waals surface area contributed by atoms with Crippen LogP contribution in [-0.4, -0.2) is 45.1 Å². The Kier molecular flexibility index (Phi) is 6.35. The molecular formula is C9H21NO4S. The molecule has 0 aliphatic carbocycles. The maximum atomic E-state index is 11.6. The van der Waals surface area contributed by atoms with Crippen LogP contribution in [0, 0.1) is 5.92 Å². The summed E-state index contributed by atoms with van der Waals surface area (Å²) >= 11 is 0. The van der Waals surface area contributed by atoms with Crippen LogP contribution in [0.5, 0.6) is 0 Å². The fourth-order valence-corrected chi connectivity index (χ4v) is 2.16. The molecule has 0 rings (SSSR count). The van der Waals surface area contributed by atoms with E-state index in [9.17, 15) is 8.42 Å². The van der Waals surface area contributed by atoms with Gasteiger partial charge < -0.3 is 9.84 Å². The van der Waals surface area contributed by atoms with Crippen LogP contribution in [0.2, 0.25) is 0 Å². The first-order chi connectivity index (χ1) is 6.85. The van der Waals surface area contributed by atoms with E-state index in [1.165, 1.54) is 14.0 Å². The quantitative estimate of drug-likeness (QED) is 0.653. The highest BCUT2D eigenvalue weighted by Gasteiger charge is 2.25. The second-order valence-corrected chi connectivity index (χ2v) is 6.09. The summed E-state index contributed by atoms with van der Waals surface area (Å²) in [4.78, 5) is 0. The highest BCUT2D eigenvalue weighted by Crippen LogP contribution is 2.06.